The molecular weight excluding hydrogens is 512 g/mol. The number of nitrogens with two attached hydrogens (primary N) is 1. The van der Waals surface area contributed by atoms with Gasteiger partial charge in [0.2, 0.25) is 0 Å². The van der Waals surface area contributed by atoms with E-state index >= 15 is 0 Å². The molecule has 0 spiro atoms. The average Bonchev–Trinajstić information content (AvgIpc) is 3.21. The molecule has 1 aliphatic heterocycles. The first-order valence-corrected chi connectivity index (χ1v) is 13.2. The van der Waals surface area contributed by atoms with E-state index in [1.54, 1.807) is 29.2 Å². The molecule has 39 heavy (non-hydrogen) atoms. The number of carbonyl (C=O) groups is 2. The smallest absolute Gasteiger partial charge is 0.327 e. The highest BCUT2D eigenvalue weighted by atomic mass is 35.5. The molecule has 0 fully saturated rings. The SMILES string of the molecule is N[C@H](C(=O)OCCCOC1(c2ccc(Cl)cc2)c2ccccc2C(=O)N1Cc1ccccc1)c1ccccc1. The van der Waals surface area contributed by atoms with Gasteiger partial charge in [-0.1, -0.05) is 103 Å². The van der Waals surface area contributed by atoms with Crippen molar-refractivity contribution in [3.8, 4) is 0 Å². The molecular formula is C32H29ClN2O4. The van der Waals surface area contributed by atoms with E-state index in [2.05, 4.69) is 0 Å². The Morgan fingerprint density at radius 3 is 2.21 bits per heavy atom. The summed E-state index contributed by atoms with van der Waals surface area (Å²) in [6.07, 6.45) is 0.415. The first-order chi connectivity index (χ1) is 19.0. The van der Waals surface area contributed by atoms with Crippen molar-refractivity contribution in [3.63, 3.8) is 0 Å². The van der Waals surface area contributed by atoms with Crippen LogP contribution in [0.1, 0.15) is 45.1 Å². The van der Waals surface area contributed by atoms with Crippen LogP contribution in [0.4, 0.5) is 0 Å². The maximum absolute atomic E-state index is 13.8. The summed E-state index contributed by atoms with van der Waals surface area (Å²) in [7, 11) is 0. The van der Waals surface area contributed by atoms with Crippen LogP contribution in [0.5, 0.6) is 0 Å². The van der Waals surface area contributed by atoms with Gasteiger partial charge in [0.15, 0.2) is 5.72 Å². The van der Waals surface area contributed by atoms with Gasteiger partial charge in [0, 0.05) is 34.7 Å². The molecule has 0 aliphatic carbocycles. The minimum absolute atomic E-state index is 0.121. The van der Waals surface area contributed by atoms with Crippen LogP contribution >= 0.6 is 11.6 Å². The monoisotopic (exact) mass is 540 g/mol. The predicted molar refractivity (Wildman–Crippen MR) is 150 cm³/mol. The fourth-order valence-electron chi connectivity index (χ4n) is 4.91. The second kappa shape index (κ2) is 11.8. The lowest BCUT2D eigenvalue weighted by molar-refractivity contribution is -0.147. The van der Waals surface area contributed by atoms with Gasteiger partial charge in [-0.05, 0) is 29.3 Å². The molecule has 0 aromatic heterocycles. The van der Waals surface area contributed by atoms with Crippen LogP contribution in [0.3, 0.4) is 0 Å². The molecule has 1 unspecified atom stereocenters. The van der Waals surface area contributed by atoms with Gasteiger partial charge in [0.05, 0.1) is 13.2 Å². The lowest BCUT2D eigenvalue weighted by Gasteiger charge is -2.39. The highest BCUT2D eigenvalue weighted by Crippen LogP contribution is 2.46. The molecule has 0 radical (unpaired) electrons. The molecule has 7 heteroatoms. The Morgan fingerprint density at radius 2 is 1.49 bits per heavy atom. The van der Waals surface area contributed by atoms with Crippen molar-refractivity contribution in [2.75, 3.05) is 13.2 Å². The van der Waals surface area contributed by atoms with Gasteiger partial charge >= 0.3 is 5.97 Å². The summed E-state index contributed by atoms with van der Waals surface area (Å²) in [6, 6.07) is 32.9. The number of hydrogen-bond acceptors (Lipinski definition) is 5. The molecule has 4 aromatic rings. The van der Waals surface area contributed by atoms with Gasteiger partial charge < -0.3 is 15.2 Å². The molecule has 1 heterocycles. The van der Waals surface area contributed by atoms with Crippen molar-refractivity contribution in [1.82, 2.24) is 4.90 Å². The lowest BCUT2D eigenvalue weighted by Crippen LogP contribution is -2.46. The Balaban J connectivity index is 1.39. The number of nitrogens with zero attached hydrogens (tertiary/aromatic N) is 1. The summed E-state index contributed by atoms with van der Waals surface area (Å²) >= 11 is 6.22. The molecule has 2 atom stereocenters. The number of hydrogen-bond donors (Lipinski definition) is 1. The number of esters is 1. The quantitative estimate of drug-likeness (QED) is 0.202. The zero-order valence-corrected chi connectivity index (χ0v) is 22.1. The van der Waals surface area contributed by atoms with E-state index in [4.69, 9.17) is 26.8 Å². The van der Waals surface area contributed by atoms with E-state index in [9.17, 15) is 9.59 Å². The maximum atomic E-state index is 13.8. The highest BCUT2D eigenvalue weighted by molar-refractivity contribution is 6.30. The molecule has 1 aliphatic rings. The van der Waals surface area contributed by atoms with Crippen molar-refractivity contribution in [2.24, 2.45) is 5.73 Å². The van der Waals surface area contributed by atoms with Crippen LogP contribution in [-0.4, -0.2) is 30.0 Å². The Hall–Kier alpha value is -3.97. The summed E-state index contributed by atoms with van der Waals surface area (Å²) in [5.41, 5.74) is 8.68. The van der Waals surface area contributed by atoms with E-state index in [0.29, 0.717) is 29.1 Å². The highest BCUT2D eigenvalue weighted by Gasteiger charge is 2.52. The Labute approximate surface area is 232 Å². The lowest BCUT2D eigenvalue weighted by atomic mass is 9.93. The summed E-state index contributed by atoms with van der Waals surface area (Å²) < 4.78 is 12.1. The van der Waals surface area contributed by atoms with Crippen molar-refractivity contribution in [3.05, 3.63) is 142 Å². The molecule has 1 amide bonds. The van der Waals surface area contributed by atoms with Crippen LogP contribution in [0.25, 0.3) is 0 Å². The number of halogens is 1. The van der Waals surface area contributed by atoms with Gasteiger partial charge in [-0.15, -0.1) is 0 Å². The summed E-state index contributed by atoms with van der Waals surface area (Å²) in [4.78, 5) is 28.0. The molecule has 0 saturated carbocycles. The number of rotatable bonds is 10. The third kappa shape index (κ3) is 5.45. The maximum Gasteiger partial charge on any atom is 0.327 e. The summed E-state index contributed by atoms with van der Waals surface area (Å²) in [6.45, 7) is 0.700. The van der Waals surface area contributed by atoms with Gasteiger partial charge in [0.1, 0.15) is 6.04 Å². The first-order valence-electron chi connectivity index (χ1n) is 12.8. The normalized spacial score (nSPS) is 17.1. The van der Waals surface area contributed by atoms with E-state index in [1.165, 1.54) is 0 Å². The van der Waals surface area contributed by atoms with E-state index in [-0.39, 0.29) is 19.1 Å². The van der Waals surface area contributed by atoms with E-state index in [1.807, 2.05) is 84.9 Å². The van der Waals surface area contributed by atoms with E-state index < -0.39 is 17.7 Å². The Morgan fingerprint density at radius 1 is 0.846 bits per heavy atom. The fourth-order valence-corrected chi connectivity index (χ4v) is 5.04. The topological polar surface area (TPSA) is 81.9 Å². The molecule has 4 aromatic carbocycles. The number of ether oxygens (including phenoxy) is 2. The summed E-state index contributed by atoms with van der Waals surface area (Å²) in [5.74, 6) is -0.620. The minimum atomic E-state index is -1.18. The second-order valence-electron chi connectivity index (χ2n) is 9.33. The summed E-state index contributed by atoms with van der Waals surface area (Å²) in [5, 5.41) is 0.586. The number of benzene rings is 4. The number of carbonyl (C=O) groups excluding carboxylic acids is 2. The molecule has 2 N–H and O–H groups in total. The largest absolute Gasteiger partial charge is 0.464 e. The van der Waals surface area contributed by atoms with Gasteiger partial charge in [-0.2, -0.15) is 0 Å². The third-order valence-electron chi connectivity index (χ3n) is 6.82. The fraction of sp³-hybridized carbons (Fsp3) is 0.188. The van der Waals surface area contributed by atoms with Crippen LogP contribution in [-0.2, 0) is 26.5 Å². The van der Waals surface area contributed by atoms with E-state index in [0.717, 1.165) is 16.7 Å². The first kappa shape index (κ1) is 26.6. The van der Waals surface area contributed by atoms with Crippen LogP contribution in [0, 0.1) is 0 Å². The van der Waals surface area contributed by atoms with Crippen LogP contribution < -0.4 is 5.73 Å². The van der Waals surface area contributed by atoms with Crippen molar-refractivity contribution < 1.29 is 19.1 Å². The molecule has 5 rings (SSSR count). The molecule has 6 nitrogen and oxygen atoms in total. The number of fused-ring (bicyclic) bond motifs is 1. The third-order valence-corrected chi connectivity index (χ3v) is 7.08. The van der Waals surface area contributed by atoms with Gasteiger partial charge in [0.25, 0.3) is 5.91 Å². The standard InChI is InChI=1S/C32H29ClN2O4/c33-26-18-16-25(17-19-26)32(39-21-9-20-38-31(37)29(34)24-12-5-2-6-13-24)28-15-8-7-14-27(28)30(36)35(32)22-23-10-3-1-4-11-23/h1-8,10-19,29H,9,20-22,34H2/t29-,32?/m0/s1. The second-order valence-corrected chi connectivity index (χ2v) is 9.77. The van der Waals surface area contributed by atoms with Crippen LogP contribution in [0.15, 0.2) is 109 Å². The predicted octanol–water partition coefficient (Wildman–Crippen LogP) is 5.85. The van der Waals surface area contributed by atoms with Crippen molar-refractivity contribution in [2.45, 2.75) is 24.7 Å². The number of amides is 1. The van der Waals surface area contributed by atoms with Gasteiger partial charge in [-0.3, -0.25) is 9.69 Å². The van der Waals surface area contributed by atoms with Crippen LogP contribution in [0.2, 0.25) is 5.02 Å². The van der Waals surface area contributed by atoms with Crippen molar-refractivity contribution in [1.29, 1.82) is 0 Å². The Kier molecular flexibility index (Phi) is 8.07. The Bertz CT molecular complexity index is 1430. The van der Waals surface area contributed by atoms with Gasteiger partial charge in [-0.25, -0.2) is 4.79 Å². The molecule has 0 saturated heterocycles. The minimum Gasteiger partial charge on any atom is -0.464 e. The molecule has 198 valence electrons. The molecule has 0 bridgehead atoms. The zero-order valence-electron chi connectivity index (χ0n) is 21.3. The average molecular weight is 541 g/mol. The zero-order chi connectivity index (χ0) is 27.2. The van der Waals surface area contributed by atoms with Crippen molar-refractivity contribution >= 4 is 23.5 Å².